The van der Waals surface area contributed by atoms with Crippen molar-refractivity contribution in [1.82, 2.24) is 0 Å². The number of para-hydroxylation sites is 3. The molecule has 94 valence electrons. The summed E-state index contributed by atoms with van der Waals surface area (Å²) in [5.41, 5.74) is 3.11. The summed E-state index contributed by atoms with van der Waals surface area (Å²) in [6.07, 6.45) is 1.02. The summed E-state index contributed by atoms with van der Waals surface area (Å²) in [5.74, 6) is 6.05. The molecule has 2 aromatic rings. The first-order valence-electron chi connectivity index (χ1n) is 6.24. The Bertz CT molecular complexity index is 482. The first-order chi connectivity index (χ1) is 8.81. The summed E-state index contributed by atoms with van der Waals surface area (Å²) in [6.45, 7) is 2.96. The van der Waals surface area contributed by atoms with Crippen molar-refractivity contribution < 1.29 is 0 Å². The molecule has 0 fully saturated rings. The van der Waals surface area contributed by atoms with Gasteiger partial charge in [0, 0.05) is 12.2 Å². The van der Waals surface area contributed by atoms with Gasteiger partial charge in [-0.1, -0.05) is 37.3 Å². The van der Waals surface area contributed by atoms with Crippen molar-refractivity contribution in [2.24, 2.45) is 5.84 Å². The van der Waals surface area contributed by atoms with Crippen LogP contribution in [-0.2, 0) is 0 Å². The van der Waals surface area contributed by atoms with E-state index in [9.17, 15) is 0 Å². The number of anilines is 3. The molecule has 3 heteroatoms. The number of hydrogen-bond donors (Lipinski definition) is 2. The fourth-order valence-corrected chi connectivity index (χ4v) is 1.87. The highest BCUT2D eigenvalue weighted by Crippen LogP contribution is 2.26. The molecule has 0 heterocycles. The van der Waals surface area contributed by atoms with Crippen LogP contribution in [-0.4, -0.2) is 6.54 Å². The van der Waals surface area contributed by atoms with E-state index in [1.54, 1.807) is 5.01 Å². The number of hydrogen-bond acceptors (Lipinski definition) is 3. The molecule has 0 aliphatic heterocycles. The highest BCUT2D eigenvalue weighted by molar-refractivity contribution is 5.74. The fourth-order valence-electron chi connectivity index (χ4n) is 1.87. The van der Waals surface area contributed by atoms with E-state index in [-0.39, 0.29) is 0 Å². The SMILES string of the molecule is CCCN(N)c1ccccc1Nc1ccccc1. The highest BCUT2D eigenvalue weighted by Gasteiger charge is 2.06. The van der Waals surface area contributed by atoms with Crippen molar-refractivity contribution in [2.45, 2.75) is 13.3 Å². The molecule has 0 aliphatic rings. The molecule has 3 N–H and O–H groups in total. The smallest absolute Gasteiger partial charge is 0.0752 e. The first kappa shape index (κ1) is 12.5. The molecule has 2 rings (SSSR count). The Morgan fingerprint density at radius 1 is 1.00 bits per heavy atom. The van der Waals surface area contributed by atoms with Crippen molar-refractivity contribution in [3.63, 3.8) is 0 Å². The lowest BCUT2D eigenvalue weighted by Gasteiger charge is -2.21. The molecule has 2 aromatic carbocycles. The molecule has 0 spiro atoms. The number of nitrogens with two attached hydrogens (primary N) is 1. The van der Waals surface area contributed by atoms with Gasteiger partial charge in [0.1, 0.15) is 0 Å². The van der Waals surface area contributed by atoms with Gasteiger partial charge in [0.15, 0.2) is 0 Å². The van der Waals surface area contributed by atoms with Crippen LogP contribution in [0.5, 0.6) is 0 Å². The van der Waals surface area contributed by atoms with Crippen molar-refractivity contribution in [2.75, 3.05) is 16.9 Å². The molecule has 0 radical (unpaired) electrons. The Kier molecular flexibility index (Phi) is 4.20. The van der Waals surface area contributed by atoms with Gasteiger partial charge in [-0.05, 0) is 30.7 Å². The van der Waals surface area contributed by atoms with Gasteiger partial charge in [0.25, 0.3) is 0 Å². The molecule has 0 aliphatic carbocycles. The molecular weight excluding hydrogens is 222 g/mol. The molecular formula is C15H19N3. The predicted octanol–water partition coefficient (Wildman–Crippen LogP) is 3.52. The normalized spacial score (nSPS) is 10.1. The first-order valence-corrected chi connectivity index (χ1v) is 6.24. The predicted molar refractivity (Wildman–Crippen MR) is 78.0 cm³/mol. The van der Waals surface area contributed by atoms with Gasteiger partial charge in [-0.2, -0.15) is 0 Å². The molecule has 0 bridgehead atoms. The Morgan fingerprint density at radius 3 is 2.39 bits per heavy atom. The summed E-state index contributed by atoms with van der Waals surface area (Å²) in [5, 5.41) is 5.17. The van der Waals surface area contributed by atoms with E-state index < -0.39 is 0 Å². The zero-order valence-corrected chi connectivity index (χ0v) is 10.6. The number of rotatable bonds is 5. The molecule has 0 saturated heterocycles. The second kappa shape index (κ2) is 6.07. The largest absolute Gasteiger partial charge is 0.354 e. The third-order valence-corrected chi connectivity index (χ3v) is 2.73. The van der Waals surface area contributed by atoms with E-state index in [0.29, 0.717) is 0 Å². The Labute approximate surface area is 108 Å². The third-order valence-electron chi connectivity index (χ3n) is 2.73. The molecule has 0 amide bonds. The van der Waals surface area contributed by atoms with Crippen LogP contribution in [0, 0.1) is 0 Å². The molecule has 0 atom stereocenters. The summed E-state index contributed by atoms with van der Waals surface area (Å²) >= 11 is 0. The standard InChI is InChI=1S/C15H19N3/c1-2-12-18(16)15-11-7-6-10-14(15)17-13-8-4-3-5-9-13/h3-11,17H,2,12,16H2,1H3. The molecule has 0 aromatic heterocycles. The van der Waals surface area contributed by atoms with Crippen molar-refractivity contribution in [1.29, 1.82) is 0 Å². The maximum Gasteiger partial charge on any atom is 0.0752 e. The lowest BCUT2D eigenvalue weighted by Crippen LogP contribution is -2.31. The van der Waals surface area contributed by atoms with Crippen LogP contribution < -0.4 is 16.2 Å². The molecule has 0 unspecified atom stereocenters. The van der Waals surface area contributed by atoms with Gasteiger partial charge in [0.05, 0.1) is 11.4 Å². The summed E-state index contributed by atoms with van der Waals surface area (Å²) in [7, 11) is 0. The van der Waals surface area contributed by atoms with Gasteiger partial charge >= 0.3 is 0 Å². The Morgan fingerprint density at radius 2 is 1.67 bits per heavy atom. The zero-order chi connectivity index (χ0) is 12.8. The van der Waals surface area contributed by atoms with E-state index in [1.165, 1.54) is 0 Å². The molecule has 18 heavy (non-hydrogen) atoms. The lowest BCUT2D eigenvalue weighted by molar-refractivity contribution is 0.806. The Balaban J connectivity index is 2.22. The van der Waals surface area contributed by atoms with Gasteiger partial charge < -0.3 is 10.3 Å². The Hall–Kier alpha value is -2.00. The number of benzene rings is 2. The van der Waals surface area contributed by atoms with Crippen LogP contribution in [0.4, 0.5) is 17.1 Å². The average Bonchev–Trinajstić information content (AvgIpc) is 2.41. The summed E-state index contributed by atoms with van der Waals surface area (Å²) < 4.78 is 0. The van der Waals surface area contributed by atoms with Gasteiger partial charge in [-0.3, -0.25) is 0 Å². The van der Waals surface area contributed by atoms with Gasteiger partial charge in [-0.15, -0.1) is 0 Å². The second-order valence-corrected chi connectivity index (χ2v) is 4.20. The summed E-state index contributed by atoms with van der Waals surface area (Å²) in [4.78, 5) is 0. The van der Waals surface area contributed by atoms with E-state index >= 15 is 0 Å². The van der Waals surface area contributed by atoms with E-state index in [0.717, 1.165) is 30.0 Å². The monoisotopic (exact) mass is 241 g/mol. The minimum absolute atomic E-state index is 0.841. The van der Waals surface area contributed by atoms with Crippen LogP contribution in [0.15, 0.2) is 54.6 Å². The second-order valence-electron chi connectivity index (χ2n) is 4.20. The van der Waals surface area contributed by atoms with Crippen molar-refractivity contribution >= 4 is 17.1 Å². The van der Waals surface area contributed by atoms with Crippen LogP contribution >= 0.6 is 0 Å². The minimum Gasteiger partial charge on any atom is -0.354 e. The minimum atomic E-state index is 0.841. The number of nitrogens with one attached hydrogen (secondary N) is 1. The van der Waals surface area contributed by atoms with Crippen LogP contribution in [0.2, 0.25) is 0 Å². The van der Waals surface area contributed by atoms with Crippen molar-refractivity contribution in [3.05, 3.63) is 54.6 Å². The van der Waals surface area contributed by atoms with E-state index in [2.05, 4.69) is 12.2 Å². The lowest BCUT2D eigenvalue weighted by atomic mass is 10.2. The molecule has 3 nitrogen and oxygen atoms in total. The van der Waals surface area contributed by atoms with Gasteiger partial charge in [-0.25, -0.2) is 5.84 Å². The van der Waals surface area contributed by atoms with E-state index in [1.807, 2.05) is 54.6 Å². The quantitative estimate of drug-likeness (QED) is 0.621. The van der Waals surface area contributed by atoms with Crippen LogP contribution in [0.3, 0.4) is 0 Å². The molecule has 0 saturated carbocycles. The van der Waals surface area contributed by atoms with E-state index in [4.69, 9.17) is 5.84 Å². The highest BCUT2D eigenvalue weighted by atomic mass is 15.4. The fraction of sp³-hybridized carbons (Fsp3) is 0.200. The van der Waals surface area contributed by atoms with Crippen LogP contribution in [0.25, 0.3) is 0 Å². The topological polar surface area (TPSA) is 41.3 Å². The number of hydrazine groups is 1. The maximum absolute atomic E-state index is 6.05. The maximum atomic E-state index is 6.05. The van der Waals surface area contributed by atoms with Crippen LogP contribution in [0.1, 0.15) is 13.3 Å². The van der Waals surface area contributed by atoms with Gasteiger partial charge in [0.2, 0.25) is 0 Å². The average molecular weight is 241 g/mol. The third kappa shape index (κ3) is 3.02. The van der Waals surface area contributed by atoms with Crippen molar-refractivity contribution in [3.8, 4) is 0 Å². The summed E-state index contributed by atoms with van der Waals surface area (Å²) in [6, 6.07) is 18.2. The number of nitrogens with zero attached hydrogens (tertiary/aromatic N) is 1. The zero-order valence-electron chi connectivity index (χ0n) is 10.6.